The lowest BCUT2D eigenvalue weighted by molar-refractivity contribution is 0.290. The topological polar surface area (TPSA) is 78.8 Å². The highest BCUT2D eigenvalue weighted by molar-refractivity contribution is 5.59. The van der Waals surface area contributed by atoms with Gasteiger partial charge < -0.3 is 10.5 Å². The third-order valence-electron chi connectivity index (χ3n) is 3.37. The maximum Gasteiger partial charge on any atom is 0.182 e. The van der Waals surface area contributed by atoms with E-state index in [1.54, 1.807) is 4.68 Å². The summed E-state index contributed by atoms with van der Waals surface area (Å²) in [5.41, 5.74) is 8.53. The van der Waals surface area contributed by atoms with Gasteiger partial charge in [0.15, 0.2) is 5.82 Å². The molecular formula is C16H17N5O. The van der Waals surface area contributed by atoms with Crippen molar-refractivity contribution in [2.45, 2.75) is 13.5 Å². The Labute approximate surface area is 128 Å². The maximum absolute atomic E-state index is 5.68. The molecule has 6 nitrogen and oxygen atoms in total. The van der Waals surface area contributed by atoms with Crippen LogP contribution < -0.4 is 10.5 Å². The zero-order valence-electron chi connectivity index (χ0n) is 12.3. The summed E-state index contributed by atoms with van der Waals surface area (Å²) in [5.74, 6) is 1.53. The molecule has 22 heavy (non-hydrogen) atoms. The molecule has 2 aromatic carbocycles. The highest BCUT2D eigenvalue weighted by atomic mass is 16.5. The highest BCUT2D eigenvalue weighted by Gasteiger charge is 2.10. The predicted octanol–water partition coefficient (Wildman–Crippen LogP) is 2.31. The molecule has 0 radical (unpaired) electrons. The molecule has 3 rings (SSSR count). The second-order valence-corrected chi connectivity index (χ2v) is 4.96. The minimum atomic E-state index is 0.480. The fraction of sp³-hybridized carbons (Fsp3) is 0.188. The number of nitrogens with two attached hydrogens (primary N) is 1. The first-order valence-electron chi connectivity index (χ1n) is 7.04. The van der Waals surface area contributed by atoms with Gasteiger partial charge in [0.1, 0.15) is 12.4 Å². The molecule has 1 aromatic heterocycles. The number of aromatic nitrogens is 4. The van der Waals surface area contributed by atoms with Crippen molar-refractivity contribution >= 4 is 5.69 Å². The van der Waals surface area contributed by atoms with Crippen LogP contribution in [0.15, 0.2) is 48.5 Å². The minimum absolute atomic E-state index is 0.480. The standard InChI is InChI=1S/C16H17N5O/c1-12-4-2-3-5-15(12)16-18-19-20-21(16)10-11-22-14-8-6-13(17)7-9-14/h2-9H,10-11,17H2,1H3. The third-order valence-corrected chi connectivity index (χ3v) is 3.37. The van der Waals surface area contributed by atoms with Crippen molar-refractivity contribution in [1.82, 2.24) is 20.2 Å². The molecule has 6 heteroatoms. The Kier molecular flexibility index (Phi) is 4.00. The van der Waals surface area contributed by atoms with E-state index in [1.807, 2.05) is 55.5 Å². The Bertz CT molecular complexity index is 751. The number of rotatable bonds is 5. The van der Waals surface area contributed by atoms with Crippen molar-refractivity contribution in [1.29, 1.82) is 0 Å². The molecule has 2 N–H and O–H groups in total. The van der Waals surface area contributed by atoms with Crippen molar-refractivity contribution in [2.24, 2.45) is 0 Å². The average Bonchev–Trinajstić information content (AvgIpc) is 2.98. The second kappa shape index (κ2) is 6.26. The first kappa shape index (κ1) is 14.1. The Morgan fingerprint density at radius 2 is 1.86 bits per heavy atom. The molecule has 1 heterocycles. The van der Waals surface area contributed by atoms with E-state index in [0.29, 0.717) is 13.2 Å². The summed E-state index contributed by atoms with van der Waals surface area (Å²) in [6.07, 6.45) is 0. The van der Waals surface area contributed by atoms with Crippen molar-refractivity contribution in [3.05, 3.63) is 54.1 Å². The minimum Gasteiger partial charge on any atom is -0.492 e. The monoisotopic (exact) mass is 295 g/mol. The second-order valence-electron chi connectivity index (χ2n) is 4.96. The van der Waals surface area contributed by atoms with Crippen molar-refractivity contribution in [2.75, 3.05) is 12.3 Å². The predicted molar refractivity (Wildman–Crippen MR) is 84.3 cm³/mol. The summed E-state index contributed by atoms with van der Waals surface area (Å²) < 4.78 is 7.43. The summed E-state index contributed by atoms with van der Waals surface area (Å²) in [6, 6.07) is 15.3. The van der Waals surface area contributed by atoms with E-state index >= 15 is 0 Å². The van der Waals surface area contributed by atoms with Gasteiger partial charge in [-0.2, -0.15) is 0 Å². The van der Waals surface area contributed by atoms with Crippen molar-refractivity contribution < 1.29 is 4.74 Å². The number of ether oxygens (including phenoxy) is 1. The molecule has 0 aliphatic carbocycles. The fourth-order valence-corrected chi connectivity index (χ4v) is 2.19. The lowest BCUT2D eigenvalue weighted by Crippen LogP contribution is -2.11. The van der Waals surface area contributed by atoms with Gasteiger partial charge in [0.2, 0.25) is 0 Å². The molecule has 0 saturated heterocycles. The molecule has 0 fully saturated rings. The van der Waals surface area contributed by atoms with Crippen LogP contribution in [0.2, 0.25) is 0 Å². The molecule has 0 aliphatic rings. The van der Waals surface area contributed by atoms with Crippen LogP contribution in [0.4, 0.5) is 5.69 Å². The Morgan fingerprint density at radius 1 is 1.09 bits per heavy atom. The van der Waals surface area contributed by atoms with Gasteiger partial charge in [-0.05, 0) is 47.2 Å². The van der Waals surface area contributed by atoms with Gasteiger partial charge >= 0.3 is 0 Å². The fourth-order valence-electron chi connectivity index (χ4n) is 2.19. The molecule has 0 aliphatic heterocycles. The van der Waals surface area contributed by atoms with E-state index in [-0.39, 0.29) is 0 Å². The molecular weight excluding hydrogens is 278 g/mol. The normalized spacial score (nSPS) is 10.6. The summed E-state index contributed by atoms with van der Waals surface area (Å²) in [6.45, 7) is 3.09. The Balaban J connectivity index is 1.68. The van der Waals surface area contributed by atoms with E-state index in [0.717, 1.165) is 28.4 Å². The van der Waals surface area contributed by atoms with Gasteiger partial charge in [0.25, 0.3) is 0 Å². The summed E-state index contributed by atoms with van der Waals surface area (Å²) in [4.78, 5) is 0. The lowest BCUT2D eigenvalue weighted by atomic mass is 10.1. The van der Waals surface area contributed by atoms with Crippen LogP contribution in [0.3, 0.4) is 0 Å². The van der Waals surface area contributed by atoms with E-state index in [1.165, 1.54) is 0 Å². The first-order valence-corrected chi connectivity index (χ1v) is 7.04. The van der Waals surface area contributed by atoms with Gasteiger partial charge in [-0.15, -0.1) is 5.10 Å². The van der Waals surface area contributed by atoms with Gasteiger partial charge in [0.05, 0.1) is 6.54 Å². The number of hydrogen-bond acceptors (Lipinski definition) is 5. The molecule has 0 spiro atoms. The van der Waals surface area contributed by atoms with Crippen LogP contribution in [-0.2, 0) is 6.54 Å². The third kappa shape index (κ3) is 3.06. The molecule has 3 aromatic rings. The van der Waals surface area contributed by atoms with Crippen LogP contribution >= 0.6 is 0 Å². The molecule has 0 atom stereocenters. The zero-order valence-corrected chi connectivity index (χ0v) is 12.3. The number of benzene rings is 2. The van der Waals surface area contributed by atoms with Crippen LogP contribution in [0.25, 0.3) is 11.4 Å². The number of tetrazole rings is 1. The summed E-state index contributed by atoms with van der Waals surface area (Å²) >= 11 is 0. The number of anilines is 1. The van der Waals surface area contributed by atoms with Crippen molar-refractivity contribution in [3.8, 4) is 17.1 Å². The van der Waals surface area contributed by atoms with Gasteiger partial charge in [0, 0.05) is 11.3 Å². The van der Waals surface area contributed by atoms with E-state index in [4.69, 9.17) is 10.5 Å². The van der Waals surface area contributed by atoms with E-state index < -0.39 is 0 Å². The van der Waals surface area contributed by atoms with Crippen LogP contribution in [0, 0.1) is 6.92 Å². The van der Waals surface area contributed by atoms with E-state index in [9.17, 15) is 0 Å². The number of aryl methyl sites for hydroxylation is 1. The molecule has 112 valence electrons. The van der Waals surface area contributed by atoms with Gasteiger partial charge in [-0.1, -0.05) is 24.3 Å². The van der Waals surface area contributed by atoms with Crippen LogP contribution in [-0.4, -0.2) is 26.8 Å². The molecule has 0 bridgehead atoms. The summed E-state index contributed by atoms with van der Waals surface area (Å²) in [7, 11) is 0. The largest absolute Gasteiger partial charge is 0.492 e. The van der Waals surface area contributed by atoms with Crippen molar-refractivity contribution in [3.63, 3.8) is 0 Å². The lowest BCUT2D eigenvalue weighted by Gasteiger charge is -2.08. The van der Waals surface area contributed by atoms with Gasteiger partial charge in [-0.3, -0.25) is 0 Å². The number of nitrogen functional groups attached to an aromatic ring is 1. The SMILES string of the molecule is Cc1ccccc1-c1nnnn1CCOc1ccc(N)cc1. The Hall–Kier alpha value is -2.89. The van der Waals surface area contributed by atoms with E-state index in [2.05, 4.69) is 15.5 Å². The smallest absolute Gasteiger partial charge is 0.182 e. The molecule has 0 saturated carbocycles. The molecule has 0 unspecified atom stereocenters. The number of hydrogen-bond donors (Lipinski definition) is 1. The first-order chi connectivity index (χ1) is 10.7. The average molecular weight is 295 g/mol. The molecule has 0 amide bonds. The van der Waals surface area contributed by atoms with Crippen LogP contribution in [0.5, 0.6) is 5.75 Å². The van der Waals surface area contributed by atoms with Crippen LogP contribution in [0.1, 0.15) is 5.56 Å². The highest BCUT2D eigenvalue weighted by Crippen LogP contribution is 2.20. The maximum atomic E-state index is 5.68. The quantitative estimate of drug-likeness (QED) is 0.731. The summed E-state index contributed by atoms with van der Waals surface area (Å²) in [5, 5.41) is 11.9. The number of nitrogens with zero attached hydrogens (tertiary/aromatic N) is 4. The Morgan fingerprint density at radius 3 is 2.64 bits per heavy atom. The van der Waals surface area contributed by atoms with Gasteiger partial charge in [-0.25, -0.2) is 4.68 Å². The zero-order chi connectivity index (χ0) is 15.4.